The number of hydrogen-bond acceptors (Lipinski definition) is 4. The average molecular weight is 379 g/mol. The summed E-state index contributed by atoms with van der Waals surface area (Å²) in [5.74, 6) is -0.0473. The predicted molar refractivity (Wildman–Crippen MR) is 103 cm³/mol. The van der Waals surface area contributed by atoms with Crippen molar-refractivity contribution >= 4 is 23.5 Å². The molecule has 0 aliphatic carbocycles. The zero-order valence-corrected chi connectivity index (χ0v) is 14.9. The molecule has 2 N–H and O–H groups in total. The van der Waals surface area contributed by atoms with Crippen LogP contribution in [-0.4, -0.2) is 30.9 Å². The smallest absolute Gasteiger partial charge is 0.261 e. The Morgan fingerprint density at radius 1 is 1.11 bits per heavy atom. The molecular weight excluding hydrogens is 364 g/mol. The summed E-state index contributed by atoms with van der Waals surface area (Å²) in [6.45, 7) is 0.553. The third-order valence-corrected chi connectivity index (χ3v) is 4.21. The van der Waals surface area contributed by atoms with Crippen molar-refractivity contribution in [1.29, 1.82) is 0 Å². The molecule has 0 saturated heterocycles. The van der Waals surface area contributed by atoms with Crippen molar-refractivity contribution in [3.63, 3.8) is 0 Å². The van der Waals surface area contributed by atoms with Crippen LogP contribution < -0.4 is 5.32 Å². The molecule has 0 aliphatic rings. The number of halogens is 1. The van der Waals surface area contributed by atoms with Crippen LogP contribution in [0.4, 0.5) is 5.95 Å². The fourth-order valence-corrected chi connectivity index (χ4v) is 2.83. The number of nitrogens with zero attached hydrogens (tertiary/aromatic N) is 4. The third kappa shape index (κ3) is 3.88. The number of H-pyrrole nitrogens is 1. The molecule has 8 heteroatoms. The quantitative estimate of drug-likeness (QED) is 0.555. The van der Waals surface area contributed by atoms with Crippen molar-refractivity contribution < 1.29 is 4.79 Å². The van der Waals surface area contributed by atoms with Gasteiger partial charge in [0, 0.05) is 16.8 Å². The van der Waals surface area contributed by atoms with E-state index in [0.717, 1.165) is 11.1 Å². The van der Waals surface area contributed by atoms with Gasteiger partial charge in [-0.2, -0.15) is 15.2 Å². The fraction of sp³-hybridized carbons (Fsp3) is 0.0526. The van der Waals surface area contributed by atoms with Gasteiger partial charge in [-0.05, 0) is 17.7 Å². The summed E-state index contributed by atoms with van der Waals surface area (Å²) in [5.41, 5.74) is 2.89. The van der Waals surface area contributed by atoms with Gasteiger partial charge >= 0.3 is 0 Å². The summed E-state index contributed by atoms with van der Waals surface area (Å²) in [6.07, 6.45) is 3.05. The van der Waals surface area contributed by atoms with Gasteiger partial charge in [-0.3, -0.25) is 14.8 Å². The molecule has 0 saturated carbocycles. The lowest BCUT2D eigenvalue weighted by Crippen LogP contribution is -2.13. The summed E-state index contributed by atoms with van der Waals surface area (Å²) in [5, 5.41) is 14.3. The Bertz CT molecular complexity index is 1040. The lowest BCUT2D eigenvalue weighted by Gasteiger charge is -2.03. The predicted octanol–water partition coefficient (Wildman–Crippen LogP) is 3.62. The van der Waals surface area contributed by atoms with Gasteiger partial charge in [0.25, 0.3) is 5.91 Å². The van der Waals surface area contributed by atoms with E-state index in [2.05, 4.69) is 25.6 Å². The van der Waals surface area contributed by atoms with E-state index in [1.54, 1.807) is 23.0 Å². The number of aromatic nitrogens is 5. The molecule has 4 aromatic rings. The largest absolute Gasteiger partial charge is 0.291 e. The van der Waals surface area contributed by atoms with E-state index >= 15 is 0 Å². The average Bonchev–Trinajstić information content (AvgIpc) is 3.33. The van der Waals surface area contributed by atoms with E-state index < -0.39 is 0 Å². The number of carbonyl (C=O) groups excluding carboxylic acids is 1. The van der Waals surface area contributed by atoms with Crippen LogP contribution in [0.3, 0.4) is 0 Å². The Hall–Kier alpha value is -3.45. The van der Waals surface area contributed by atoms with Gasteiger partial charge in [0.05, 0.1) is 12.1 Å². The molecule has 2 heterocycles. The van der Waals surface area contributed by atoms with E-state index in [1.165, 1.54) is 6.33 Å². The SMILES string of the molecule is O=C(Nc1ncn[nH]1)c1cn(Cc2ccccc2)nc1-c1ccc(Cl)cc1. The second kappa shape index (κ2) is 7.43. The second-order valence-corrected chi connectivity index (χ2v) is 6.31. The van der Waals surface area contributed by atoms with Crippen molar-refractivity contribution in [2.24, 2.45) is 0 Å². The first-order valence-electron chi connectivity index (χ1n) is 8.23. The molecule has 0 aliphatic heterocycles. The van der Waals surface area contributed by atoms with Crippen LogP contribution in [0.1, 0.15) is 15.9 Å². The van der Waals surface area contributed by atoms with Gasteiger partial charge in [-0.15, -0.1) is 0 Å². The molecule has 27 heavy (non-hydrogen) atoms. The van der Waals surface area contributed by atoms with Crippen LogP contribution in [0, 0.1) is 0 Å². The molecule has 0 atom stereocenters. The van der Waals surface area contributed by atoms with E-state index in [-0.39, 0.29) is 11.9 Å². The van der Waals surface area contributed by atoms with Gasteiger partial charge in [-0.25, -0.2) is 5.10 Å². The van der Waals surface area contributed by atoms with Crippen molar-refractivity contribution in [3.05, 3.63) is 83.3 Å². The van der Waals surface area contributed by atoms with Crippen LogP contribution in [0.5, 0.6) is 0 Å². The normalized spacial score (nSPS) is 10.7. The minimum atomic E-state index is -0.323. The molecule has 0 bridgehead atoms. The van der Waals surface area contributed by atoms with E-state index in [0.29, 0.717) is 22.8 Å². The number of carbonyl (C=O) groups is 1. The van der Waals surface area contributed by atoms with Crippen LogP contribution in [0.25, 0.3) is 11.3 Å². The summed E-state index contributed by atoms with van der Waals surface area (Å²) in [7, 11) is 0. The maximum atomic E-state index is 12.8. The Morgan fingerprint density at radius 2 is 1.89 bits per heavy atom. The molecule has 0 unspecified atom stereocenters. The third-order valence-electron chi connectivity index (χ3n) is 3.96. The Balaban J connectivity index is 1.70. The highest BCUT2D eigenvalue weighted by molar-refractivity contribution is 6.30. The minimum absolute atomic E-state index is 0.276. The summed E-state index contributed by atoms with van der Waals surface area (Å²) >= 11 is 5.98. The van der Waals surface area contributed by atoms with Crippen LogP contribution in [0.2, 0.25) is 5.02 Å². The summed E-state index contributed by atoms with van der Waals surface area (Å²) in [6, 6.07) is 17.1. The van der Waals surface area contributed by atoms with Crippen molar-refractivity contribution in [1.82, 2.24) is 25.0 Å². The van der Waals surface area contributed by atoms with Crippen LogP contribution >= 0.6 is 11.6 Å². The molecule has 2 aromatic carbocycles. The first-order valence-corrected chi connectivity index (χ1v) is 8.61. The fourth-order valence-electron chi connectivity index (χ4n) is 2.70. The van der Waals surface area contributed by atoms with Gasteiger partial charge in [0.15, 0.2) is 0 Å². The van der Waals surface area contributed by atoms with Crippen LogP contribution in [-0.2, 0) is 6.54 Å². The highest BCUT2D eigenvalue weighted by Crippen LogP contribution is 2.25. The number of rotatable bonds is 5. The lowest BCUT2D eigenvalue weighted by atomic mass is 10.1. The molecule has 0 fully saturated rings. The molecule has 2 aromatic heterocycles. The Labute approximate surface area is 160 Å². The first-order chi connectivity index (χ1) is 13.2. The van der Waals surface area contributed by atoms with Gasteiger partial charge in [-0.1, -0.05) is 54.1 Å². The number of aromatic amines is 1. The molecule has 0 radical (unpaired) electrons. The lowest BCUT2D eigenvalue weighted by molar-refractivity contribution is 0.102. The summed E-state index contributed by atoms with van der Waals surface area (Å²) < 4.78 is 1.74. The molecule has 7 nitrogen and oxygen atoms in total. The van der Waals surface area contributed by atoms with E-state index in [4.69, 9.17) is 11.6 Å². The highest BCUT2D eigenvalue weighted by Gasteiger charge is 2.19. The number of amides is 1. The maximum absolute atomic E-state index is 12.8. The Morgan fingerprint density at radius 3 is 2.59 bits per heavy atom. The van der Waals surface area contributed by atoms with E-state index in [9.17, 15) is 4.79 Å². The Kier molecular flexibility index (Phi) is 4.67. The molecule has 134 valence electrons. The molecule has 0 spiro atoms. The summed E-state index contributed by atoms with van der Waals surface area (Å²) in [4.78, 5) is 16.7. The number of anilines is 1. The van der Waals surface area contributed by atoms with Crippen LogP contribution in [0.15, 0.2) is 67.1 Å². The van der Waals surface area contributed by atoms with Crippen molar-refractivity contribution in [2.45, 2.75) is 6.54 Å². The van der Waals surface area contributed by atoms with Crippen molar-refractivity contribution in [3.8, 4) is 11.3 Å². The zero-order valence-electron chi connectivity index (χ0n) is 14.1. The number of nitrogens with one attached hydrogen (secondary N) is 2. The van der Waals surface area contributed by atoms with Crippen molar-refractivity contribution in [2.75, 3.05) is 5.32 Å². The zero-order chi connectivity index (χ0) is 18.6. The molecular formula is C19H15ClN6O. The topological polar surface area (TPSA) is 88.5 Å². The number of benzene rings is 2. The van der Waals surface area contributed by atoms with E-state index in [1.807, 2.05) is 42.5 Å². The maximum Gasteiger partial charge on any atom is 0.261 e. The van der Waals surface area contributed by atoms with Gasteiger partial charge < -0.3 is 0 Å². The second-order valence-electron chi connectivity index (χ2n) is 5.87. The molecule has 1 amide bonds. The van der Waals surface area contributed by atoms with Gasteiger partial charge in [0.1, 0.15) is 12.0 Å². The molecule has 4 rings (SSSR count). The van der Waals surface area contributed by atoms with Gasteiger partial charge in [0.2, 0.25) is 5.95 Å². The monoisotopic (exact) mass is 378 g/mol. The number of hydrogen-bond donors (Lipinski definition) is 2. The minimum Gasteiger partial charge on any atom is -0.291 e. The highest BCUT2D eigenvalue weighted by atomic mass is 35.5. The first kappa shape index (κ1) is 17.0. The standard InChI is InChI=1S/C19H15ClN6O/c20-15-8-6-14(7-9-15)17-16(18(27)23-19-21-12-22-24-19)11-26(25-17)10-13-4-2-1-3-5-13/h1-9,11-12H,10H2,(H2,21,22,23,24,27).